The first-order chi connectivity index (χ1) is 14.9. The van der Waals surface area contributed by atoms with Crippen LogP contribution in [0.2, 0.25) is 0 Å². The van der Waals surface area contributed by atoms with Crippen LogP contribution in [0.4, 0.5) is 0 Å². The van der Waals surface area contributed by atoms with E-state index in [1.807, 2.05) is 13.8 Å². The van der Waals surface area contributed by atoms with Crippen molar-refractivity contribution in [2.24, 2.45) is 0 Å². The second-order valence-electron chi connectivity index (χ2n) is 6.60. The number of rotatable bonds is 9. The van der Waals surface area contributed by atoms with Crippen molar-refractivity contribution in [1.82, 2.24) is 4.90 Å². The van der Waals surface area contributed by atoms with Crippen molar-refractivity contribution in [2.75, 3.05) is 19.8 Å². The van der Waals surface area contributed by atoms with Gasteiger partial charge in [-0.25, -0.2) is 4.79 Å². The van der Waals surface area contributed by atoms with Crippen molar-refractivity contribution in [3.63, 3.8) is 0 Å². The summed E-state index contributed by atoms with van der Waals surface area (Å²) >= 11 is 3.46. The molecule has 2 aromatic rings. The van der Waals surface area contributed by atoms with Crippen LogP contribution in [0.3, 0.4) is 0 Å². The van der Waals surface area contributed by atoms with Gasteiger partial charge in [0.25, 0.3) is 11.8 Å². The molecule has 0 saturated carbocycles. The van der Waals surface area contributed by atoms with Crippen molar-refractivity contribution in [3.05, 3.63) is 69.7 Å². The number of amides is 2. The predicted molar refractivity (Wildman–Crippen MR) is 118 cm³/mol. The Balaban J connectivity index is 1.77. The highest BCUT2D eigenvalue weighted by molar-refractivity contribution is 9.10. The summed E-state index contributed by atoms with van der Waals surface area (Å²) in [6.07, 6.45) is 1.47. The summed E-state index contributed by atoms with van der Waals surface area (Å²) in [6, 6.07) is 7.85. The van der Waals surface area contributed by atoms with E-state index in [1.165, 1.54) is 24.3 Å². The molecule has 0 fully saturated rings. The van der Waals surface area contributed by atoms with Crippen molar-refractivity contribution in [2.45, 2.75) is 20.5 Å². The summed E-state index contributed by atoms with van der Waals surface area (Å²) < 4.78 is 17.3. The third-order valence-corrected chi connectivity index (χ3v) is 5.33. The lowest BCUT2D eigenvalue weighted by atomic mass is 10.1. The van der Waals surface area contributed by atoms with Crippen LogP contribution >= 0.6 is 15.9 Å². The number of benzene rings is 2. The monoisotopic (exact) mass is 487 g/mol. The van der Waals surface area contributed by atoms with Crippen LogP contribution in [0.15, 0.2) is 47.5 Å². The van der Waals surface area contributed by atoms with Gasteiger partial charge in [0.2, 0.25) is 0 Å². The number of ether oxygens (including phenoxy) is 3. The van der Waals surface area contributed by atoms with E-state index >= 15 is 0 Å². The molecule has 162 valence electrons. The second-order valence-corrected chi connectivity index (χ2v) is 7.46. The molecule has 0 radical (unpaired) electrons. The van der Waals surface area contributed by atoms with Crippen molar-refractivity contribution >= 4 is 33.7 Å². The van der Waals surface area contributed by atoms with E-state index in [1.54, 1.807) is 12.1 Å². The molecule has 31 heavy (non-hydrogen) atoms. The minimum absolute atomic E-state index is 0.0154. The van der Waals surface area contributed by atoms with Crippen molar-refractivity contribution in [3.8, 4) is 11.5 Å². The molecule has 0 N–H and O–H groups in total. The van der Waals surface area contributed by atoms with Crippen LogP contribution in [-0.4, -0.2) is 42.4 Å². The number of hydrogen-bond acceptors (Lipinski definition) is 6. The number of halogens is 1. The van der Waals surface area contributed by atoms with E-state index in [-0.39, 0.29) is 29.8 Å². The number of esters is 1. The van der Waals surface area contributed by atoms with Gasteiger partial charge in [0.05, 0.1) is 29.9 Å². The van der Waals surface area contributed by atoms with E-state index in [2.05, 4.69) is 22.5 Å². The lowest BCUT2D eigenvalue weighted by Gasteiger charge is -2.14. The Bertz CT molecular complexity index is 1050. The van der Waals surface area contributed by atoms with Gasteiger partial charge in [-0.2, -0.15) is 0 Å². The van der Waals surface area contributed by atoms with E-state index in [0.29, 0.717) is 34.7 Å². The fourth-order valence-corrected chi connectivity index (χ4v) is 3.60. The number of imide groups is 1. The Hall–Kier alpha value is -3.13. The van der Waals surface area contributed by atoms with Crippen molar-refractivity contribution < 1.29 is 28.6 Å². The van der Waals surface area contributed by atoms with Crippen LogP contribution < -0.4 is 9.47 Å². The molecule has 2 aromatic carbocycles. The molecule has 3 rings (SSSR count). The standard InChI is InChI=1S/C23H22BrNO6/c1-4-9-25-21(26)16-8-7-14(10-17(16)22(25)27)23(28)31-13-15-11-19(29-5-2)20(30-6-3)12-18(15)24/h4,7-8,10-12H,1,5-6,9,13H2,2-3H3. The van der Waals surface area contributed by atoms with Crippen LogP contribution in [0, 0.1) is 0 Å². The topological polar surface area (TPSA) is 82.1 Å². The highest BCUT2D eigenvalue weighted by atomic mass is 79.9. The maximum atomic E-state index is 12.6. The van der Waals surface area contributed by atoms with Gasteiger partial charge in [0, 0.05) is 16.6 Å². The number of fused-ring (bicyclic) bond motifs is 1. The fraction of sp³-hybridized carbons (Fsp3) is 0.261. The van der Waals surface area contributed by atoms with Crippen LogP contribution in [0.25, 0.3) is 0 Å². The molecule has 0 spiro atoms. The summed E-state index contributed by atoms with van der Waals surface area (Å²) in [5, 5.41) is 0. The molecular formula is C23H22BrNO6. The van der Waals surface area contributed by atoms with Gasteiger partial charge in [-0.1, -0.05) is 22.0 Å². The average Bonchev–Trinajstić information content (AvgIpc) is 2.99. The molecule has 0 atom stereocenters. The lowest BCUT2D eigenvalue weighted by Crippen LogP contribution is -2.29. The summed E-state index contributed by atoms with van der Waals surface area (Å²) in [4.78, 5) is 38.4. The van der Waals surface area contributed by atoms with Crippen molar-refractivity contribution in [1.29, 1.82) is 0 Å². The zero-order chi connectivity index (χ0) is 22.5. The van der Waals surface area contributed by atoms with E-state index in [0.717, 1.165) is 4.90 Å². The van der Waals surface area contributed by atoms with Gasteiger partial charge in [-0.3, -0.25) is 14.5 Å². The molecule has 7 nitrogen and oxygen atoms in total. The van der Waals surface area contributed by atoms with Gasteiger partial charge >= 0.3 is 5.97 Å². The highest BCUT2D eigenvalue weighted by Crippen LogP contribution is 2.34. The highest BCUT2D eigenvalue weighted by Gasteiger charge is 2.35. The molecule has 0 bridgehead atoms. The van der Waals surface area contributed by atoms with Crippen LogP contribution in [0.1, 0.15) is 50.5 Å². The quantitative estimate of drug-likeness (QED) is 0.296. The van der Waals surface area contributed by atoms with E-state index in [4.69, 9.17) is 14.2 Å². The van der Waals surface area contributed by atoms with Gasteiger partial charge in [0.15, 0.2) is 11.5 Å². The normalized spacial score (nSPS) is 12.5. The molecule has 2 amide bonds. The third-order valence-electron chi connectivity index (χ3n) is 4.59. The first kappa shape index (κ1) is 22.6. The smallest absolute Gasteiger partial charge is 0.338 e. The zero-order valence-electron chi connectivity index (χ0n) is 17.3. The lowest BCUT2D eigenvalue weighted by molar-refractivity contribution is 0.0471. The molecule has 1 aliphatic rings. The molecular weight excluding hydrogens is 466 g/mol. The van der Waals surface area contributed by atoms with Gasteiger partial charge in [-0.15, -0.1) is 6.58 Å². The maximum absolute atomic E-state index is 12.6. The zero-order valence-corrected chi connectivity index (χ0v) is 18.9. The molecule has 0 unspecified atom stereocenters. The molecule has 1 heterocycles. The molecule has 0 saturated heterocycles. The van der Waals surface area contributed by atoms with Crippen LogP contribution in [-0.2, 0) is 11.3 Å². The fourth-order valence-electron chi connectivity index (χ4n) is 3.16. The van der Waals surface area contributed by atoms with Gasteiger partial charge in [0.1, 0.15) is 6.61 Å². The molecule has 0 aliphatic carbocycles. The number of hydrogen-bond donors (Lipinski definition) is 0. The summed E-state index contributed by atoms with van der Waals surface area (Å²) in [5.74, 6) is -0.310. The number of nitrogens with zero attached hydrogens (tertiary/aromatic N) is 1. The maximum Gasteiger partial charge on any atom is 0.338 e. The first-order valence-electron chi connectivity index (χ1n) is 9.77. The van der Waals surface area contributed by atoms with Gasteiger partial charge in [-0.05, 0) is 44.2 Å². The second kappa shape index (κ2) is 9.78. The van der Waals surface area contributed by atoms with E-state index in [9.17, 15) is 14.4 Å². The number of carbonyl (C=O) groups is 3. The SMILES string of the molecule is C=CCN1C(=O)c2ccc(C(=O)OCc3cc(OCC)c(OCC)cc3Br)cc2C1=O. The molecule has 0 aromatic heterocycles. The van der Waals surface area contributed by atoms with Crippen LogP contribution in [0.5, 0.6) is 11.5 Å². The Morgan fingerprint density at radius 1 is 1.03 bits per heavy atom. The summed E-state index contributed by atoms with van der Waals surface area (Å²) in [7, 11) is 0. The summed E-state index contributed by atoms with van der Waals surface area (Å²) in [6.45, 7) is 8.35. The van der Waals surface area contributed by atoms with Gasteiger partial charge < -0.3 is 14.2 Å². The average molecular weight is 488 g/mol. The Kier molecular flexibility index (Phi) is 7.12. The van der Waals surface area contributed by atoms with E-state index < -0.39 is 17.8 Å². The summed E-state index contributed by atoms with van der Waals surface area (Å²) in [5.41, 5.74) is 1.33. The Morgan fingerprint density at radius 2 is 1.68 bits per heavy atom. The Labute approximate surface area is 188 Å². The molecule has 8 heteroatoms. The number of carbonyl (C=O) groups excluding carboxylic acids is 3. The Morgan fingerprint density at radius 3 is 2.32 bits per heavy atom. The molecule has 1 aliphatic heterocycles. The first-order valence-corrected chi connectivity index (χ1v) is 10.6. The largest absolute Gasteiger partial charge is 0.490 e. The minimum Gasteiger partial charge on any atom is -0.490 e. The minimum atomic E-state index is -0.607. The predicted octanol–water partition coefficient (Wildman–Crippen LogP) is 4.39. The third kappa shape index (κ3) is 4.64.